The maximum absolute atomic E-state index is 3.49. The summed E-state index contributed by atoms with van der Waals surface area (Å²) in [6, 6.07) is 6.83. The fourth-order valence-corrected chi connectivity index (χ4v) is 2.93. The van der Waals surface area contributed by atoms with Gasteiger partial charge in [-0.2, -0.15) is 0 Å². The number of hydrogen-bond acceptors (Lipinski definition) is 2. The van der Waals surface area contributed by atoms with Gasteiger partial charge in [0, 0.05) is 25.3 Å². The van der Waals surface area contributed by atoms with Crippen molar-refractivity contribution in [3.05, 3.63) is 29.3 Å². The minimum atomic E-state index is 1.06. The number of fused-ring (bicyclic) bond motifs is 1. The first kappa shape index (κ1) is 10.2. The highest BCUT2D eigenvalue weighted by Crippen LogP contribution is 2.28. The second-order valence-corrected chi connectivity index (χ2v) is 4.89. The summed E-state index contributed by atoms with van der Waals surface area (Å²) in [5, 5.41) is 3.49. The van der Waals surface area contributed by atoms with Crippen LogP contribution in [0.2, 0.25) is 0 Å². The summed E-state index contributed by atoms with van der Waals surface area (Å²) in [5.41, 5.74) is 4.60. The monoisotopic (exact) mass is 216 g/mol. The lowest BCUT2D eigenvalue weighted by atomic mass is 9.97. The fourth-order valence-electron chi connectivity index (χ4n) is 2.93. The van der Waals surface area contributed by atoms with Gasteiger partial charge in [-0.1, -0.05) is 12.1 Å². The first-order valence-corrected chi connectivity index (χ1v) is 6.51. The van der Waals surface area contributed by atoms with Crippen LogP contribution in [0.1, 0.15) is 30.4 Å². The zero-order valence-corrected chi connectivity index (χ0v) is 9.84. The molecule has 1 fully saturated rings. The molecular formula is C14H20N2. The van der Waals surface area contributed by atoms with Crippen LogP contribution in [0.15, 0.2) is 18.2 Å². The van der Waals surface area contributed by atoms with Gasteiger partial charge in [0.1, 0.15) is 0 Å². The molecule has 1 aromatic carbocycles. The van der Waals surface area contributed by atoms with Gasteiger partial charge in [0.25, 0.3) is 0 Å². The Morgan fingerprint density at radius 2 is 1.94 bits per heavy atom. The molecule has 0 radical (unpaired) electrons. The molecule has 2 aliphatic heterocycles. The highest BCUT2D eigenvalue weighted by atomic mass is 15.1. The van der Waals surface area contributed by atoms with Gasteiger partial charge in [0.05, 0.1) is 0 Å². The van der Waals surface area contributed by atoms with E-state index in [-0.39, 0.29) is 0 Å². The lowest BCUT2D eigenvalue weighted by Crippen LogP contribution is -2.32. The van der Waals surface area contributed by atoms with Crippen LogP contribution in [-0.2, 0) is 13.0 Å². The van der Waals surface area contributed by atoms with Crippen molar-refractivity contribution in [3.8, 4) is 0 Å². The minimum Gasteiger partial charge on any atom is -0.371 e. The van der Waals surface area contributed by atoms with Crippen LogP contribution in [-0.4, -0.2) is 19.6 Å². The van der Waals surface area contributed by atoms with Crippen LogP contribution < -0.4 is 10.2 Å². The van der Waals surface area contributed by atoms with Crippen LogP contribution >= 0.6 is 0 Å². The maximum atomic E-state index is 3.49. The summed E-state index contributed by atoms with van der Waals surface area (Å²) < 4.78 is 0. The molecule has 0 unspecified atom stereocenters. The van der Waals surface area contributed by atoms with Crippen LogP contribution in [0.25, 0.3) is 0 Å². The van der Waals surface area contributed by atoms with E-state index in [0.29, 0.717) is 0 Å². The average molecular weight is 216 g/mol. The molecule has 1 saturated heterocycles. The van der Waals surface area contributed by atoms with E-state index in [9.17, 15) is 0 Å². The van der Waals surface area contributed by atoms with Crippen molar-refractivity contribution < 1.29 is 0 Å². The van der Waals surface area contributed by atoms with E-state index in [4.69, 9.17) is 0 Å². The summed E-state index contributed by atoms with van der Waals surface area (Å²) in [6.07, 6.45) is 5.31. The van der Waals surface area contributed by atoms with E-state index in [2.05, 4.69) is 28.4 Å². The van der Waals surface area contributed by atoms with Crippen molar-refractivity contribution in [1.82, 2.24) is 5.32 Å². The molecule has 2 nitrogen and oxygen atoms in total. The smallest absolute Gasteiger partial charge is 0.0414 e. The Balaban J connectivity index is 1.93. The van der Waals surface area contributed by atoms with Gasteiger partial charge in [-0.15, -0.1) is 0 Å². The number of rotatable bonds is 1. The van der Waals surface area contributed by atoms with Gasteiger partial charge in [0.15, 0.2) is 0 Å². The van der Waals surface area contributed by atoms with Crippen LogP contribution in [0.4, 0.5) is 5.69 Å². The molecule has 0 amide bonds. The molecule has 0 aliphatic carbocycles. The molecule has 0 atom stereocenters. The van der Waals surface area contributed by atoms with Gasteiger partial charge in [0.2, 0.25) is 0 Å². The standard InChI is InChI=1S/C14H20N2/c1-2-9-16(10-3-1)14-6-4-5-12-7-8-15-11-13(12)14/h4-6,15H,1-3,7-11H2. The molecule has 2 heteroatoms. The van der Waals surface area contributed by atoms with Crippen molar-refractivity contribution in [2.75, 3.05) is 24.5 Å². The molecule has 0 bridgehead atoms. The second kappa shape index (κ2) is 4.46. The summed E-state index contributed by atoms with van der Waals surface area (Å²) in [7, 11) is 0. The zero-order chi connectivity index (χ0) is 10.8. The molecule has 0 spiro atoms. The number of nitrogens with zero attached hydrogens (tertiary/aromatic N) is 1. The largest absolute Gasteiger partial charge is 0.371 e. The number of benzene rings is 1. The predicted octanol–water partition coefficient (Wildman–Crippen LogP) is 2.32. The molecule has 0 aromatic heterocycles. The molecule has 0 saturated carbocycles. The van der Waals surface area contributed by atoms with E-state index in [1.54, 1.807) is 11.1 Å². The molecule has 16 heavy (non-hydrogen) atoms. The molecule has 3 rings (SSSR count). The van der Waals surface area contributed by atoms with Crippen molar-refractivity contribution >= 4 is 5.69 Å². The second-order valence-electron chi connectivity index (χ2n) is 4.89. The third kappa shape index (κ3) is 1.82. The molecule has 1 N–H and O–H groups in total. The lowest BCUT2D eigenvalue weighted by Gasteiger charge is -2.32. The third-order valence-corrected chi connectivity index (χ3v) is 3.82. The van der Waals surface area contributed by atoms with Crippen molar-refractivity contribution in [2.45, 2.75) is 32.2 Å². The molecule has 2 heterocycles. The Morgan fingerprint density at radius 1 is 1.06 bits per heavy atom. The summed E-state index contributed by atoms with van der Waals surface area (Å²) in [6.45, 7) is 4.69. The van der Waals surface area contributed by atoms with Gasteiger partial charge in [-0.3, -0.25) is 0 Å². The van der Waals surface area contributed by atoms with Crippen molar-refractivity contribution in [1.29, 1.82) is 0 Å². The van der Waals surface area contributed by atoms with Crippen LogP contribution in [0.5, 0.6) is 0 Å². The van der Waals surface area contributed by atoms with E-state index < -0.39 is 0 Å². The number of anilines is 1. The van der Waals surface area contributed by atoms with E-state index >= 15 is 0 Å². The number of nitrogens with one attached hydrogen (secondary N) is 1. The first-order valence-electron chi connectivity index (χ1n) is 6.51. The molecular weight excluding hydrogens is 196 g/mol. The van der Waals surface area contributed by atoms with Gasteiger partial charge in [-0.05, 0) is 49.4 Å². The van der Waals surface area contributed by atoms with Crippen LogP contribution in [0, 0.1) is 0 Å². The summed E-state index contributed by atoms with van der Waals surface area (Å²) >= 11 is 0. The van der Waals surface area contributed by atoms with E-state index in [1.807, 2.05) is 0 Å². The normalized spacial score (nSPS) is 20.6. The Labute approximate surface area is 97.6 Å². The molecule has 1 aromatic rings. The van der Waals surface area contributed by atoms with E-state index in [0.717, 1.165) is 13.1 Å². The quantitative estimate of drug-likeness (QED) is 0.775. The minimum absolute atomic E-state index is 1.06. The first-order chi connectivity index (χ1) is 7.95. The average Bonchev–Trinajstić information content (AvgIpc) is 2.39. The highest BCUT2D eigenvalue weighted by molar-refractivity contribution is 5.57. The van der Waals surface area contributed by atoms with E-state index in [1.165, 1.54) is 44.5 Å². The zero-order valence-electron chi connectivity index (χ0n) is 9.84. The number of piperidine rings is 1. The Bertz CT molecular complexity index is 367. The highest BCUT2D eigenvalue weighted by Gasteiger charge is 2.18. The molecule has 86 valence electrons. The Hall–Kier alpha value is -1.02. The van der Waals surface area contributed by atoms with Crippen LogP contribution in [0.3, 0.4) is 0 Å². The Kier molecular flexibility index (Phi) is 2.83. The van der Waals surface area contributed by atoms with Crippen molar-refractivity contribution in [3.63, 3.8) is 0 Å². The fraction of sp³-hybridized carbons (Fsp3) is 0.571. The molecule has 2 aliphatic rings. The van der Waals surface area contributed by atoms with Gasteiger partial charge in [-0.25, -0.2) is 0 Å². The SMILES string of the molecule is c1cc2c(c(N3CCCCC3)c1)CNCC2. The summed E-state index contributed by atoms with van der Waals surface area (Å²) in [4.78, 5) is 2.58. The maximum Gasteiger partial charge on any atom is 0.0414 e. The summed E-state index contributed by atoms with van der Waals surface area (Å²) in [5.74, 6) is 0. The van der Waals surface area contributed by atoms with Crippen molar-refractivity contribution in [2.24, 2.45) is 0 Å². The van der Waals surface area contributed by atoms with Gasteiger partial charge < -0.3 is 10.2 Å². The topological polar surface area (TPSA) is 15.3 Å². The third-order valence-electron chi connectivity index (χ3n) is 3.82. The predicted molar refractivity (Wildman–Crippen MR) is 67.9 cm³/mol. The Morgan fingerprint density at radius 3 is 2.81 bits per heavy atom. The lowest BCUT2D eigenvalue weighted by molar-refractivity contribution is 0.570. The number of hydrogen-bond donors (Lipinski definition) is 1. The van der Waals surface area contributed by atoms with Gasteiger partial charge >= 0.3 is 0 Å².